The molecule has 0 aliphatic heterocycles. The number of para-hydroxylation sites is 1. The molecule has 2 aromatic heterocycles. The highest BCUT2D eigenvalue weighted by Gasteiger charge is 2.22. The molecular weight excluding hydrogens is 364 g/mol. The first-order valence-corrected chi connectivity index (χ1v) is 10.2. The number of nitrogens with one attached hydrogen (secondary N) is 1. The number of hydrogen-bond acceptors (Lipinski definition) is 4. The van der Waals surface area contributed by atoms with Crippen molar-refractivity contribution in [3.8, 4) is 17.1 Å². The molecule has 0 fully saturated rings. The van der Waals surface area contributed by atoms with Crippen LogP contribution >= 0.6 is 0 Å². The SMILES string of the molecule is C[C@@H](Oc1ccccc1)C(=O)NCCn1nc(-c2ccccn2)c2c1CCCC2. The summed E-state index contributed by atoms with van der Waals surface area (Å²) >= 11 is 0. The Bertz CT molecular complexity index is 954. The standard InChI is InChI=1S/C23H26N4O2/c1-17(29-18-9-3-2-4-10-18)23(28)25-15-16-27-21-13-6-5-11-19(21)22(26-27)20-12-7-8-14-24-20/h2-4,7-10,12,14,17H,5-6,11,13,15-16H2,1H3,(H,25,28)/t17-/m1/s1. The van der Waals surface area contributed by atoms with Gasteiger partial charge in [-0.1, -0.05) is 24.3 Å². The van der Waals surface area contributed by atoms with Crippen molar-refractivity contribution in [1.29, 1.82) is 0 Å². The van der Waals surface area contributed by atoms with Crippen LogP contribution in [0.1, 0.15) is 31.0 Å². The average molecular weight is 390 g/mol. The largest absolute Gasteiger partial charge is 0.481 e. The van der Waals surface area contributed by atoms with Gasteiger partial charge in [-0.05, 0) is 56.9 Å². The fourth-order valence-electron chi connectivity index (χ4n) is 3.75. The van der Waals surface area contributed by atoms with E-state index in [1.54, 1.807) is 13.1 Å². The van der Waals surface area contributed by atoms with Gasteiger partial charge in [-0.25, -0.2) is 0 Å². The van der Waals surface area contributed by atoms with Gasteiger partial charge >= 0.3 is 0 Å². The number of carbonyl (C=O) groups is 1. The van der Waals surface area contributed by atoms with E-state index in [0.29, 0.717) is 18.8 Å². The van der Waals surface area contributed by atoms with Crippen LogP contribution in [0.4, 0.5) is 0 Å². The zero-order valence-electron chi connectivity index (χ0n) is 16.7. The first-order valence-electron chi connectivity index (χ1n) is 10.2. The fourth-order valence-corrected chi connectivity index (χ4v) is 3.75. The number of pyridine rings is 1. The van der Waals surface area contributed by atoms with Gasteiger partial charge < -0.3 is 10.1 Å². The predicted molar refractivity (Wildman–Crippen MR) is 112 cm³/mol. The molecule has 1 amide bonds. The molecule has 1 aliphatic rings. The third kappa shape index (κ3) is 4.47. The second-order valence-electron chi connectivity index (χ2n) is 7.28. The van der Waals surface area contributed by atoms with E-state index in [1.807, 2.05) is 53.2 Å². The van der Waals surface area contributed by atoms with Gasteiger partial charge in [-0.2, -0.15) is 5.10 Å². The molecular formula is C23H26N4O2. The summed E-state index contributed by atoms with van der Waals surface area (Å²) in [5, 5.41) is 7.81. The maximum Gasteiger partial charge on any atom is 0.260 e. The van der Waals surface area contributed by atoms with Gasteiger partial charge in [0.2, 0.25) is 0 Å². The monoisotopic (exact) mass is 390 g/mol. The molecule has 1 N–H and O–H groups in total. The zero-order valence-corrected chi connectivity index (χ0v) is 16.7. The van der Waals surface area contributed by atoms with Crippen molar-refractivity contribution in [3.63, 3.8) is 0 Å². The first-order chi connectivity index (χ1) is 14.2. The van der Waals surface area contributed by atoms with Crippen LogP contribution in [0, 0.1) is 0 Å². The van der Waals surface area contributed by atoms with Crippen molar-refractivity contribution in [2.45, 2.75) is 45.3 Å². The zero-order chi connectivity index (χ0) is 20.1. The van der Waals surface area contributed by atoms with E-state index in [-0.39, 0.29) is 5.91 Å². The fraction of sp³-hybridized carbons (Fsp3) is 0.348. The Morgan fingerprint density at radius 3 is 2.72 bits per heavy atom. The van der Waals surface area contributed by atoms with Crippen LogP contribution in [0.5, 0.6) is 5.75 Å². The van der Waals surface area contributed by atoms with Crippen molar-refractivity contribution in [2.24, 2.45) is 0 Å². The van der Waals surface area contributed by atoms with E-state index in [0.717, 1.165) is 24.2 Å². The number of nitrogens with zero attached hydrogens (tertiary/aromatic N) is 3. The number of benzene rings is 1. The van der Waals surface area contributed by atoms with E-state index in [4.69, 9.17) is 9.84 Å². The number of ether oxygens (including phenoxy) is 1. The van der Waals surface area contributed by atoms with Crippen LogP contribution in [-0.2, 0) is 24.2 Å². The molecule has 6 heteroatoms. The minimum absolute atomic E-state index is 0.125. The molecule has 4 rings (SSSR count). The lowest BCUT2D eigenvalue weighted by atomic mass is 9.95. The Labute approximate surface area is 170 Å². The van der Waals surface area contributed by atoms with E-state index in [1.165, 1.54) is 24.1 Å². The third-order valence-corrected chi connectivity index (χ3v) is 5.21. The quantitative estimate of drug-likeness (QED) is 0.671. The van der Waals surface area contributed by atoms with Crippen molar-refractivity contribution >= 4 is 5.91 Å². The van der Waals surface area contributed by atoms with E-state index in [9.17, 15) is 4.79 Å². The summed E-state index contributed by atoms with van der Waals surface area (Å²) in [5.74, 6) is 0.566. The highest BCUT2D eigenvalue weighted by molar-refractivity contribution is 5.80. The molecule has 0 saturated carbocycles. The smallest absolute Gasteiger partial charge is 0.260 e. The molecule has 150 valence electrons. The lowest BCUT2D eigenvalue weighted by Gasteiger charge is -2.16. The first kappa shape index (κ1) is 19.2. The van der Waals surface area contributed by atoms with Crippen LogP contribution in [0.15, 0.2) is 54.7 Å². The number of hydrogen-bond donors (Lipinski definition) is 1. The summed E-state index contributed by atoms with van der Waals surface area (Å²) in [6.07, 6.45) is 5.68. The minimum Gasteiger partial charge on any atom is -0.481 e. The van der Waals surface area contributed by atoms with Gasteiger partial charge in [0, 0.05) is 24.0 Å². The molecule has 29 heavy (non-hydrogen) atoms. The molecule has 1 aromatic carbocycles. The Morgan fingerprint density at radius 1 is 1.14 bits per heavy atom. The molecule has 1 atom stereocenters. The lowest BCUT2D eigenvalue weighted by Crippen LogP contribution is -2.38. The maximum absolute atomic E-state index is 12.4. The van der Waals surface area contributed by atoms with Crippen molar-refractivity contribution < 1.29 is 9.53 Å². The molecule has 0 bridgehead atoms. The van der Waals surface area contributed by atoms with E-state index >= 15 is 0 Å². The molecule has 6 nitrogen and oxygen atoms in total. The van der Waals surface area contributed by atoms with Gasteiger partial charge in [0.25, 0.3) is 5.91 Å². The van der Waals surface area contributed by atoms with Crippen LogP contribution in [0.3, 0.4) is 0 Å². The van der Waals surface area contributed by atoms with Gasteiger partial charge in [-0.3, -0.25) is 14.5 Å². The highest BCUT2D eigenvalue weighted by atomic mass is 16.5. The molecule has 0 unspecified atom stereocenters. The highest BCUT2D eigenvalue weighted by Crippen LogP contribution is 2.30. The van der Waals surface area contributed by atoms with Gasteiger partial charge in [0.05, 0.1) is 12.2 Å². The maximum atomic E-state index is 12.4. The van der Waals surface area contributed by atoms with E-state index in [2.05, 4.69) is 10.3 Å². The predicted octanol–water partition coefficient (Wildman–Crippen LogP) is 3.41. The number of aromatic nitrogens is 3. The molecule has 1 aliphatic carbocycles. The normalized spacial score (nSPS) is 14.1. The van der Waals surface area contributed by atoms with Gasteiger partial charge in [-0.15, -0.1) is 0 Å². The number of amides is 1. The van der Waals surface area contributed by atoms with Crippen LogP contribution in [0.25, 0.3) is 11.4 Å². The molecule has 3 aromatic rings. The Kier molecular flexibility index (Phi) is 5.89. The summed E-state index contributed by atoms with van der Waals surface area (Å²) in [5.41, 5.74) is 4.48. The Hall–Kier alpha value is -3.15. The summed E-state index contributed by atoms with van der Waals surface area (Å²) in [6.45, 7) is 2.91. The number of rotatable bonds is 7. The molecule has 2 heterocycles. The summed E-state index contributed by atoms with van der Waals surface area (Å²) in [6, 6.07) is 15.3. The number of carbonyl (C=O) groups excluding carboxylic acids is 1. The van der Waals surface area contributed by atoms with Crippen molar-refractivity contribution in [3.05, 3.63) is 66.0 Å². The van der Waals surface area contributed by atoms with E-state index < -0.39 is 6.10 Å². The van der Waals surface area contributed by atoms with Crippen molar-refractivity contribution in [2.75, 3.05) is 6.54 Å². The lowest BCUT2D eigenvalue weighted by molar-refractivity contribution is -0.127. The Balaban J connectivity index is 1.40. The summed E-state index contributed by atoms with van der Waals surface area (Å²) in [7, 11) is 0. The molecule has 0 saturated heterocycles. The molecule has 0 radical (unpaired) electrons. The molecule has 0 spiro atoms. The summed E-state index contributed by atoms with van der Waals surface area (Å²) < 4.78 is 7.73. The third-order valence-electron chi connectivity index (χ3n) is 5.21. The summed E-state index contributed by atoms with van der Waals surface area (Å²) in [4.78, 5) is 16.9. The minimum atomic E-state index is -0.548. The average Bonchev–Trinajstić information content (AvgIpc) is 3.14. The van der Waals surface area contributed by atoms with Gasteiger partial charge in [0.1, 0.15) is 11.4 Å². The second-order valence-corrected chi connectivity index (χ2v) is 7.28. The Morgan fingerprint density at radius 2 is 1.93 bits per heavy atom. The second kappa shape index (κ2) is 8.90. The topological polar surface area (TPSA) is 69.0 Å². The number of fused-ring (bicyclic) bond motifs is 1. The van der Waals surface area contributed by atoms with Crippen LogP contribution < -0.4 is 10.1 Å². The van der Waals surface area contributed by atoms with Crippen LogP contribution in [0.2, 0.25) is 0 Å². The van der Waals surface area contributed by atoms with Crippen LogP contribution in [-0.4, -0.2) is 33.3 Å². The van der Waals surface area contributed by atoms with Crippen molar-refractivity contribution in [1.82, 2.24) is 20.1 Å². The van der Waals surface area contributed by atoms with Gasteiger partial charge in [0.15, 0.2) is 6.10 Å².